The van der Waals surface area contributed by atoms with E-state index in [-0.39, 0.29) is 17.6 Å². The van der Waals surface area contributed by atoms with E-state index >= 15 is 0 Å². The van der Waals surface area contributed by atoms with Crippen LogP contribution in [-0.4, -0.2) is 47.2 Å². The smallest absolute Gasteiger partial charge is 0.311 e. The molecule has 0 atom stereocenters. The molecule has 2 heterocycles. The first-order valence-corrected chi connectivity index (χ1v) is 6.73. The van der Waals surface area contributed by atoms with Gasteiger partial charge in [-0.3, -0.25) is 4.79 Å². The maximum Gasteiger partial charge on any atom is 0.311 e. The molecule has 21 heavy (non-hydrogen) atoms. The van der Waals surface area contributed by atoms with Crippen LogP contribution >= 0.6 is 0 Å². The van der Waals surface area contributed by atoms with Gasteiger partial charge in [0.1, 0.15) is 5.82 Å². The van der Waals surface area contributed by atoms with Crippen molar-refractivity contribution in [2.24, 2.45) is 0 Å². The minimum Gasteiger partial charge on any atom is -0.417 e. The summed E-state index contributed by atoms with van der Waals surface area (Å²) in [5.41, 5.74) is 0.956. The molecule has 0 saturated carbocycles. The molecule has 0 unspecified atom stereocenters. The van der Waals surface area contributed by atoms with Gasteiger partial charge in [0.05, 0.1) is 0 Å². The summed E-state index contributed by atoms with van der Waals surface area (Å²) in [6, 6.07) is 6.37. The van der Waals surface area contributed by atoms with Crippen LogP contribution in [0.25, 0.3) is 0 Å². The summed E-state index contributed by atoms with van der Waals surface area (Å²) < 4.78 is 18.1. The molecule has 1 saturated heterocycles. The normalized spacial score (nSPS) is 15.3. The standard InChI is InChI=1S/C14H15FN4O2/c1-10-16-17-13(21-10)14(20)19-8-6-18(7-9-19)12-4-2-11(15)3-5-12/h2-5H,6-9H2,1H3. The fourth-order valence-electron chi connectivity index (χ4n) is 2.34. The third kappa shape index (κ3) is 2.86. The highest BCUT2D eigenvalue weighted by Gasteiger charge is 2.25. The Balaban J connectivity index is 1.62. The summed E-state index contributed by atoms with van der Waals surface area (Å²) in [6.07, 6.45) is 0. The number of carbonyl (C=O) groups excluding carboxylic acids is 1. The molecule has 1 amide bonds. The Morgan fingerprint density at radius 2 is 1.81 bits per heavy atom. The fraction of sp³-hybridized carbons (Fsp3) is 0.357. The Kier molecular flexibility index (Phi) is 3.55. The number of amides is 1. The maximum absolute atomic E-state index is 12.9. The zero-order valence-corrected chi connectivity index (χ0v) is 11.6. The molecule has 1 fully saturated rings. The number of aromatic nitrogens is 2. The number of rotatable bonds is 2. The third-order valence-corrected chi connectivity index (χ3v) is 3.47. The molecule has 0 spiro atoms. The van der Waals surface area contributed by atoms with Crippen LogP contribution in [0.2, 0.25) is 0 Å². The van der Waals surface area contributed by atoms with Crippen LogP contribution in [0.15, 0.2) is 28.7 Å². The lowest BCUT2D eigenvalue weighted by Crippen LogP contribution is -2.48. The zero-order valence-electron chi connectivity index (χ0n) is 11.6. The summed E-state index contributed by atoms with van der Waals surface area (Å²) in [5, 5.41) is 7.41. The van der Waals surface area contributed by atoms with Crippen LogP contribution in [0, 0.1) is 12.7 Å². The van der Waals surface area contributed by atoms with Crippen LogP contribution in [-0.2, 0) is 0 Å². The van der Waals surface area contributed by atoms with Crippen molar-refractivity contribution in [3.05, 3.63) is 41.9 Å². The number of carbonyl (C=O) groups is 1. The molecule has 2 aromatic rings. The first-order valence-electron chi connectivity index (χ1n) is 6.73. The van der Waals surface area contributed by atoms with Gasteiger partial charge in [0.15, 0.2) is 0 Å². The summed E-state index contributed by atoms with van der Waals surface area (Å²) >= 11 is 0. The molecule has 110 valence electrons. The summed E-state index contributed by atoms with van der Waals surface area (Å²) in [6.45, 7) is 4.15. The van der Waals surface area contributed by atoms with Crippen molar-refractivity contribution in [2.45, 2.75) is 6.92 Å². The van der Waals surface area contributed by atoms with E-state index in [0.717, 1.165) is 5.69 Å². The molecule has 1 aromatic heterocycles. The number of anilines is 1. The van der Waals surface area contributed by atoms with Gasteiger partial charge in [-0.2, -0.15) is 0 Å². The van der Waals surface area contributed by atoms with Gasteiger partial charge in [-0.15, -0.1) is 10.2 Å². The largest absolute Gasteiger partial charge is 0.417 e. The first kappa shape index (κ1) is 13.5. The van der Waals surface area contributed by atoms with E-state index in [1.807, 2.05) is 0 Å². The quantitative estimate of drug-likeness (QED) is 0.838. The molecule has 1 aromatic carbocycles. The molecule has 3 rings (SSSR count). The van der Waals surface area contributed by atoms with E-state index in [0.29, 0.717) is 32.1 Å². The molecule has 0 radical (unpaired) electrons. The monoisotopic (exact) mass is 290 g/mol. The summed E-state index contributed by atoms with van der Waals surface area (Å²) in [4.78, 5) is 16.0. The van der Waals surface area contributed by atoms with Crippen LogP contribution in [0.1, 0.15) is 16.6 Å². The van der Waals surface area contributed by atoms with Gasteiger partial charge in [0.25, 0.3) is 0 Å². The Morgan fingerprint density at radius 1 is 1.14 bits per heavy atom. The molecule has 1 aliphatic rings. The zero-order chi connectivity index (χ0) is 14.8. The van der Waals surface area contributed by atoms with Crippen molar-refractivity contribution in [3.8, 4) is 0 Å². The molecule has 0 N–H and O–H groups in total. The third-order valence-electron chi connectivity index (χ3n) is 3.47. The predicted molar refractivity (Wildman–Crippen MR) is 73.6 cm³/mol. The van der Waals surface area contributed by atoms with Crippen molar-refractivity contribution in [1.29, 1.82) is 0 Å². The van der Waals surface area contributed by atoms with Gasteiger partial charge < -0.3 is 14.2 Å². The molecule has 0 bridgehead atoms. The average molecular weight is 290 g/mol. The van der Waals surface area contributed by atoms with Crippen molar-refractivity contribution >= 4 is 11.6 Å². The molecular formula is C14H15FN4O2. The number of hydrogen-bond donors (Lipinski definition) is 0. The topological polar surface area (TPSA) is 62.5 Å². The lowest BCUT2D eigenvalue weighted by atomic mass is 10.2. The van der Waals surface area contributed by atoms with E-state index in [2.05, 4.69) is 15.1 Å². The fourth-order valence-corrected chi connectivity index (χ4v) is 2.34. The highest BCUT2D eigenvalue weighted by atomic mass is 19.1. The highest BCUT2D eigenvalue weighted by molar-refractivity contribution is 5.89. The first-order chi connectivity index (χ1) is 10.1. The van der Waals surface area contributed by atoms with Gasteiger partial charge in [-0.25, -0.2) is 4.39 Å². The van der Waals surface area contributed by atoms with Crippen LogP contribution in [0.5, 0.6) is 0 Å². The number of hydrogen-bond acceptors (Lipinski definition) is 5. The van der Waals surface area contributed by atoms with E-state index in [1.165, 1.54) is 12.1 Å². The Bertz CT molecular complexity index is 633. The minimum absolute atomic E-state index is 0.0303. The van der Waals surface area contributed by atoms with E-state index < -0.39 is 0 Å². The van der Waals surface area contributed by atoms with Gasteiger partial charge in [-0.1, -0.05) is 0 Å². The van der Waals surface area contributed by atoms with Gasteiger partial charge in [0.2, 0.25) is 5.89 Å². The Hall–Kier alpha value is -2.44. The second-order valence-corrected chi connectivity index (χ2v) is 4.88. The Morgan fingerprint density at radius 3 is 2.38 bits per heavy atom. The lowest BCUT2D eigenvalue weighted by molar-refractivity contribution is 0.0705. The summed E-state index contributed by atoms with van der Waals surface area (Å²) in [7, 11) is 0. The molecule has 6 nitrogen and oxygen atoms in total. The van der Waals surface area contributed by atoms with Gasteiger partial charge in [-0.05, 0) is 24.3 Å². The van der Waals surface area contributed by atoms with Crippen molar-refractivity contribution < 1.29 is 13.6 Å². The number of benzene rings is 1. The SMILES string of the molecule is Cc1nnc(C(=O)N2CCN(c3ccc(F)cc3)CC2)o1. The second kappa shape index (κ2) is 5.51. The van der Waals surface area contributed by atoms with Crippen molar-refractivity contribution in [2.75, 3.05) is 31.1 Å². The van der Waals surface area contributed by atoms with Crippen molar-refractivity contribution in [3.63, 3.8) is 0 Å². The van der Waals surface area contributed by atoms with Gasteiger partial charge in [0, 0.05) is 38.8 Å². The second-order valence-electron chi connectivity index (χ2n) is 4.88. The summed E-state index contributed by atoms with van der Waals surface area (Å²) in [5.74, 6) is -0.0836. The molecular weight excluding hydrogens is 275 g/mol. The lowest BCUT2D eigenvalue weighted by Gasteiger charge is -2.35. The van der Waals surface area contributed by atoms with E-state index in [4.69, 9.17) is 4.42 Å². The predicted octanol–water partition coefficient (Wildman–Crippen LogP) is 1.48. The minimum atomic E-state index is -0.251. The number of halogens is 1. The van der Waals surface area contributed by atoms with Gasteiger partial charge >= 0.3 is 11.8 Å². The molecule has 7 heteroatoms. The number of piperazine rings is 1. The van der Waals surface area contributed by atoms with E-state index in [1.54, 1.807) is 24.0 Å². The van der Waals surface area contributed by atoms with Crippen LogP contribution in [0.4, 0.5) is 10.1 Å². The number of aryl methyl sites for hydroxylation is 1. The highest BCUT2D eigenvalue weighted by Crippen LogP contribution is 2.17. The van der Waals surface area contributed by atoms with Crippen LogP contribution in [0.3, 0.4) is 0 Å². The van der Waals surface area contributed by atoms with E-state index in [9.17, 15) is 9.18 Å². The Labute approximate surface area is 121 Å². The molecule has 1 aliphatic heterocycles. The average Bonchev–Trinajstić information content (AvgIpc) is 2.94. The van der Waals surface area contributed by atoms with Crippen molar-refractivity contribution in [1.82, 2.24) is 15.1 Å². The van der Waals surface area contributed by atoms with Crippen LogP contribution < -0.4 is 4.90 Å². The number of nitrogens with zero attached hydrogens (tertiary/aromatic N) is 4. The maximum atomic E-state index is 12.9. The molecule has 0 aliphatic carbocycles.